The third-order valence-corrected chi connectivity index (χ3v) is 5.49. The largest absolute Gasteiger partial charge is 0.316 e. The molecule has 0 saturated heterocycles. The summed E-state index contributed by atoms with van der Waals surface area (Å²) in [6.07, 6.45) is 2.20. The Bertz CT molecular complexity index is 1340. The molecule has 146 valence electrons. The fraction of sp³-hybridized carbons (Fsp3) is 0. The van der Waals surface area contributed by atoms with Gasteiger partial charge in [-0.15, -0.1) is 0 Å². The molecule has 1 heterocycles. The zero-order chi connectivity index (χ0) is 21.0. The average Bonchev–Trinajstić information content (AvgIpc) is 3.31. The fourth-order valence-electron chi connectivity index (χ4n) is 3.85. The molecule has 0 unspecified atom stereocenters. The van der Waals surface area contributed by atoms with Gasteiger partial charge in [0.05, 0.1) is 17.3 Å². The van der Waals surface area contributed by atoms with E-state index in [1.165, 1.54) is 16.7 Å². The van der Waals surface area contributed by atoms with Gasteiger partial charge in [0.15, 0.2) is 0 Å². The summed E-state index contributed by atoms with van der Waals surface area (Å²) in [6.45, 7) is 0. The third-order valence-electron chi connectivity index (χ3n) is 5.49. The number of hydrogen-bond acceptors (Lipinski definition) is 1. The Labute approximate surface area is 182 Å². The number of rotatable bonds is 4. The van der Waals surface area contributed by atoms with Gasteiger partial charge >= 0.3 is 0 Å². The van der Waals surface area contributed by atoms with E-state index in [1.54, 1.807) is 0 Å². The van der Waals surface area contributed by atoms with Crippen LogP contribution < -0.4 is 0 Å². The maximum Gasteiger partial charge on any atom is 0.0991 e. The van der Waals surface area contributed by atoms with Crippen molar-refractivity contribution in [2.45, 2.75) is 0 Å². The van der Waals surface area contributed by atoms with Gasteiger partial charge in [-0.2, -0.15) is 5.26 Å². The summed E-state index contributed by atoms with van der Waals surface area (Å²) in [5, 5.41) is 9.01. The van der Waals surface area contributed by atoms with Gasteiger partial charge in [-0.25, -0.2) is 0 Å². The van der Waals surface area contributed by atoms with Gasteiger partial charge in [-0.05, 0) is 52.6 Å². The standard InChI is InChI=1S/C29H20N2/c30-20-22-11-13-24(14-12-22)25-15-17-28(18-16-25)31-21-27(23-7-3-1-4-8-23)19-29(31)26-9-5-2-6-10-26/h1-19,21H. The molecule has 2 heteroatoms. The predicted octanol–water partition coefficient (Wildman–Crippen LogP) is 7.35. The molecule has 2 nitrogen and oxygen atoms in total. The van der Waals surface area contributed by atoms with Crippen LogP contribution in [-0.2, 0) is 0 Å². The number of aromatic nitrogens is 1. The number of nitriles is 1. The van der Waals surface area contributed by atoms with Crippen LogP contribution in [0.15, 0.2) is 121 Å². The highest BCUT2D eigenvalue weighted by atomic mass is 15.0. The van der Waals surface area contributed by atoms with Gasteiger partial charge in [-0.3, -0.25) is 0 Å². The molecule has 0 aliphatic heterocycles. The maximum absolute atomic E-state index is 9.01. The van der Waals surface area contributed by atoms with Crippen LogP contribution in [0.3, 0.4) is 0 Å². The molecule has 0 radical (unpaired) electrons. The quantitative estimate of drug-likeness (QED) is 0.312. The van der Waals surface area contributed by atoms with E-state index in [4.69, 9.17) is 5.26 Å². The molecule has 0 aliphatic rings. The SMILES string of the molecule is N#Cc1ccc(-c2ccc(-n3cc(-c4ccccc4)cc3-c3ccccc3)cc2)cc1. The van der Waals surface area contributed by atoms with Gasteiger partial charge < -0.3 is 4.57 Å². The van der Waals surface area contributed by atoms with Crippen molar-refractivity contribution in [1.82, 2.24) is 4.57 Å². The zero-order valence-corrected chi connectivity index (χ0v) is 16.9. The summed E-state index contributed by atoms with van der Waals surface area (Å²) >= 11 is 0. The van der Waals surface area contributed by atoms with Gasteiger partial charge in [-0.1, -0.05) is 84.9 Å². The molecule has 0 aliphatic carbocycles. The Kier molecular flexibility index (Phi) is 4.92. The van der Waals surface area contributed by atoms with Gasteiger partial charge in [0.1, 0.15) is 0 Å². The topological polar surface area (TPSA) is 28.7 Å². The average molecular weight is 396 g/mol. The molecule has 5 aromatic rings. The number of hydrogen-bond donors (Lipinski definition) is 0. The molecular weight excluding hydrogens is 376 g/mol. The fourth-order valence-corrected chi connectivity index (χ4v) is 3.85. The molecule has 0 saturated carbocycles. The molecule has 5 rings (SSSR count). The summed E-state index contributed by atoms with van der Waals surface area (Å²) in [4.78, 5) is 0. The Hall–Kier alpha value is -4.35. The van der Waals surface area contributed by atoms with E-state index >= 15 is 0 Å². The molecule has 0 amide bonds. The van der Waals surface area contributed by atoms with Crippen molar-refractivity contribution in [3.8, 4) is 45.3 Å². The molecule has 0 atom stereocenters. The first kappa shape index (κ1) is 18.7. The van der Waals surface area contributed by atoms with E-state index in [-0.39, 0.29) is 0 Å². The second kappa shape index (κ2) is 8.18. The summed E-state index contributed by atoms with van der Waals surface area (Å²) < 4.78 is 2.25. The normalized spacial score (nSPS) is 10.5. The lowest BCUT2D eigenvalue weighted by atomic mass is 10.0. The highest BCUT2D eigenvalue weighted by Crippen LogP contribution is 2.32. The van der Waals surface area contributed by atoms with Crippen molar-refractivity contribution in [3.05, 3.63) is 127 Å². The Balaban J connectivity index is 1.57. The lowest BCUT2D eigenvalue weighted by Gasteiger charge is -2.11. The Morgan fingerprint density at radius 1 is 0.516 bits per heavy atom. The van der Waals surface area contributed by atoms with Crippen LogP contribution in [0.4, 0.5) is 0 Å². The van der Waals surface area contributed by atoms with E-state index in [0.29, 0.717) is 5.56 Å². The molecule has 0 N–H and O–H groups in total. The van der Waals surface area contributed by atoms with Gasteiger partial charge in [0.25, 0.3) is 0 Å². The molecule has 0 spiro atoms. The van der Waals surface area contributed by atoms with Gasteiger partial charge in [0, 0.05) is 17.4 Å². The molecule has 0 fully saturated rings. The highest BCUT2D eigenvalue weighted by molar-refractivity contribution is 5.74. The van der Waals surface area contributed by atoms with Crippen molar-refractivity contribution < 1.29 is 0 Å². The molecule has 1 aromatic heterocycles. The predicted molar refractivity (Wildman–Crippen MR) is 127 cm³/mol. The van der Waals surface area contributed by atoms with Gasteiger partial charge in [0.2, 0.25) is 0 Å². The van der Waals surface area contributed by atoms with E-state index in [9.17, 15) is 0 Å². The first-order chi connectivity index (χ1) is 15.3. The lowest BCUT2D eigenvalue weighted by Crippen LogP contribution is -1.95. The second-order valence-electron chi connectivity index (χ2n) is 7.45. The summed E-state index contributed by atoms with van der Waals surface area (Å²) in [5.41, 5.74) is 8.75. The first-order valence-corrected chi connectivity index (χ1v) is 10.3. The van der Waals surface area contributed by atoms with E-state index < -0.39 is 0 Å². The minimum atomic E-state index is 0.675. The first-order valence-electron chi connectivity index (χ1n) is 10.3. The van der Waals surface area contributed by atoms with Crippen LogP contribution in [0.5, 0.6) is 0 Å². The summed E-state index contributed by atoms with van der Waals surface area (Å²) in [7, 11) is 0. The van der Waals surface area contributed by atoms with Crippen LogP contribution in [0, 0.1) is 11.3 Å². The molecule has 0 bridgehead atoms. The zero-order valence-electron chi connectivity index (χ0n) is 16.9. The third kappa shape index (κ3) is 3.77. The van der Waals surface area contributed by atoms with Crippen molar-refractivity contribution in [2.75, 3.05) is 0 Å². The van der Waals surface area contributed by atoms with Crippen molar-refractivity contribution >= 4 is 0 Å². The van der Waals surface area contributed by atoms with Crippen LogP contribution >= 0.6 is 0 Å². The van der Waals surface area contributed by atoms with Crippen molar-refractivity contribution in [3.63, 3.8) is 0 Å². The minimum absolute atomic E-state index is 0.675. The van der Waals surface area contributed by atoms with Crippen molar-refractivity contribution in [2.24, 2.45) is 0 Å². The minimum Gasteiger partial charge on any atom is -0.316 e. The van der Waals surface area contributed by atoms with Crippen LogP contribution in [0.25, 0.3) is 39.2 Å². The molecular formula is C29H20N2. The summed E-state index contributed by atoms with van der Waals surface area (Å²) in [6, 6.07) is 41.6. The second-order valence-corrected chi connectivity index (χ2v) is 7.45. The number of benzene rings is 4. The van der Waals surface area contributed by atoms with Crippen LogP contribution in [-0.4, -0.2) is 4.57 Å². The van der Waals surface area contributed by atoms with E-state index in [2.05, 4.69) is 95.7 Å². The Morgan fingerprint density at radius 2 is 1.03 bits per heavy atom. The summed E-state index contributed by atoms with van der Waals surface area (Å²) in [5.74, 6) is 0. The smallest absolute Gasteiger partial charge is 0.0991 e. The van der Waals surface area contributed by atoms with Crippen LogP contribution in [0.2, 0.25) is 0 Å². The monoisotopic (exact) mass is 396 g/mol. The molecule has 31 heavy (non-hydrogen) atoms. The number of nitrogens with zero attached hydrogens (tertiary/aromatic N) is 2. The lowest BCUT2D eigenvalue weighted by molar-refractivity contribution is 1.09. The Morgan fingerprint density at radius 3 is 1.61 bits per heavy atom. The van der Waals surface area contributed by atoms with Crippen LogP contribution in [0.1, 0.15) is 5.56 Å². The maximum atomic E-state index is 9.01. The van der Waals surface area contributed by atoms with E-state index in [1.807, 2.05) is 36.4 Å². The highest BCUT2D eigenvalue weighted by Gasteiger charge is 2.11. The molecule has 4 aromatic carbocycles. The van der Waals surface area contributed by atoms with Crippen molar-refractivity contribution in [1.29, 1.82) is 5.26 Å². The van der Waals surface area contributed by atoms with E-state index in [0.717, 1.165) is 22.5 Å².